The van der Waals surface area contributed by atoms with Crippen molar-refractivity contribution in [3.63, 3.8) is 0 Å². The Morgan fingerprint density at radius 2 is 1.96 bits per heavy atom. The molecule has 0 unspecified atom stereocenters. The lowest BCUT2D eigenvalue weighted by atomic mass is 10.0. The zero-order valence-corrected chi connectivity index (χ0v) is 16.2. The predicted octanol–water partition coefficient (Wildman–Crippen LogP) is 0.230. The Balaban J connectivity index is 2.54. The summed E-state index contributed by atoms with van der Waals surface area (Å²) in [5.74, 6) is 0.319. The summed E-state index contributed by atoms with van der Waals surface area (Å²) in [7, 11) is -4.47. The number of nitrogens with zero attached hydrogens (tertiary/aromatic N) is 1. The third kappa shape index (κ3) is 3.91. The van der Waals surface area contributed by atoms with Crippen LogP contribution in [0.5, 0.6) is 11.5 Å². The number of ether oxygens (including phenoxy) is 2. The smallest absolute Gasteiger partial charge is 0.247 e. The molecule has 10 heteroatoms. The van der Waals surface area contributed by atoms with Gasteiger partial charge in [0.25, 0.3) is 0 Å². The Bertz CT molecular complexity index is 838. The number of sulfonamides is 1. The van der Waals surface area contributed by atoms with Gasteiger partial charge in [0.05, 0.1) is 25.7 Å². The fourth-order valence-electron chi connectivity index (χ4n) is 3.09. The molecular formula is C15H24N2O6S2. The summed E-state index contributed by atoms with van der Waals surface area (Å²) in [6.07, 6.45) is 0.229. The van der Waals surface area contributed by atoms with Gasteiger partial charge in [0.2, 0.25) is 10.0 Å². The van der Waals surface area contributed by atoms with Crippen LogP contribution in [0.3, 0.4) is 0 Å². The molecule has 25 heavy (non-hydrogen) atoms. The van der Waals surface area contributed by atoms with E-state index in [9.17, 15) is 16.8 Å². The van der Waals surface area contributed by atoms with Crippen molar-refractivity contribution in [3.8, 4) is 11.5 Å². The van der Waals surface area contributed by atoms with Crippen molar-refractivity contribution < 1.29 is 26.3 Å². The highest BCUT2D eigenvalue weighted by atomic mass is 32.2. The Morgan fingerprint density at radius 1 is 1.28 bits per heavy atom. The SMILES string of the molecule is COc1ccc(S(=O)(=O)N(CCN)[C@]2(C)CCS(=O)(=O)C2)c(OC)c1. The van der Waals surface area contributed by atoms with Crippen LogP contribution in [0.15, 0.2) is 23.1 Å². The third-order valence-corrected chi connectivity index (χ3v) is 8.34. The molecule has 2 rings (SSSR count). The lowest BCUT2D eigenvalue weighted by molar-refractivity contribution is 0.237. The first-order chi connectivity index (χ1) is 11.6. The number of methoxy groups -OCH3 is 2. The summed E-state index contributed by atoms with van der Waals surface area (Å²) in [6, 6.07) is 4.38. The highest BCUT2D eigenvalue weighted by molar-refractivity contribution is 7.92. The van der Waals surface area contributed by atoms with Gasteiger partial charge in [0.1, 0.15) is 16.4 Å². The van der Waals surface area contributed by atoms with E-state index in [-0.39, 0.29) is 41.7 Å². The zero-order valence-electron chi connectivity index (χ0n) is 14.6. The quantitative estimate of drug-likeness (QED) is 0.706. The van der Waals surface area contributed by atoms with E-state index in [2.05, 4.69) is 0 Å². The molecule has 1 saturated heterocycles. The van der Waals surface area contributed by atoms with E-state index in [4.69, 9.17) is 15.2 Å². The normalized spacial score (nSPS) is 22.9. The molecule has 1 aromatic rings. The van der Waals surface area contributed by atoms with Crippen molar-refractivity contribution in [3.05, 3.63) is 18.2 Å². The van der Waals surface area contributed by atoms with E-state index in [1.165, 1.54) is 36.7 Å². The number of sulfone groups is 1. The maximum absolute atomic E-state index is 13.3. The second kappa shape index (κ2) is 7.10. The van der Waals surface area contributed by atoms with E-state index in [0.717, 1.165) is 0 Å². The zero-order chi connectivity index (χ0) is 18.9. The van der Waals surface area contributed by atoms with E-state index < -0.39 is 25.4 Å². The van der Waals surface area contributed by atoms with Crippen molar-refractivity contribution in [1.29, 1.82) is 0 Å². The van der Waals surface area contributed by atoms with Crippen molar-refractivity contribution in [1.82, 2.24) is 4.31 Å². The van der Waals surface area contributed by atoms with Gasteiger partial charge in [0, 0.05) is 24.7 Å². The molecule has 142 valence electrons. The topological polar surface area (TPSA) is 116 Å². The van der Waals surface area contributed by atoms with Gasteiger partial charge in [-0.2, -0.15) is 4.31 Å². The van der Waals surface area contributed by atoms with Gasteiger partial charge in [0.15, 0.2) is 9.84 Å². The van der Waals surface area contributed by atoms with Gasteiger partial charge < -0.3 is 15.2 Å². The Morgan fingerprint density at radius 3 is 2.44 bits per heavy atom. The molecule has 0 saturated carbocycles. The fourth-order valence-corrected chi connectivity index (χ4v) is 7.27. The van der Waals surface area contributed by atoms with E-state index in [0.29, 0.717) is 5.75 Å². The lowest BCUT2D eigenvalue weighted by Crippen LogP contribution is -2.52. The average Bonchev–Trinajstić information content (AvgIpc) is 2.85. The lowest BCUT2D eigenvalue weighted by Gasteiger charge is -2.36. The molecule has 0 aromatic heterocycles. The fraction of sp³-hybridized carbons (Fsp3) is 0.600. The van der Waals surface area contributed by atoms with Crippen molar-refractivity contribution in [2.45, 2.75) is 23.8 Å². The van der Waals surface area contributed by atoms with Gasteiger partial charge in [-0.3, -0.25) is 0 Å². The maximum atomic E-state index is 13.3. The Labute approximate surface area is 148 Å². The van der Waals surface area contributed by atoms with Crippen molar-refractivity contribution in [2.24, 2.45) is 5.73 Å². The minimum absolute atomic E-state index is 0.0174. The summed E-state index contributed by atoms with van der Waals surface area (Å²) in [4.78, 5) is -0.0465. The van der Waals surface area contributed by atoms with E-state index in [1.54, 1.807) is 6.92 Å². The molecule has 1 aliphatic rings. The number of rotatable bonds is 7. The number of hydrogen-bond donors (Lipinski definition) is 1. The summed E-state index contributed by atoms with van der Waals surface area (Å²) in [6.45, 7) is 1.73. The first-order valence-electron chi connectivity index (χ1n) is 7.75. The van der Waals surface area contributed by atoms with Crippen LogP contribution in [-0.2, 0) is 19.9 Å². The Kier molecular flexibility index (Phi) is 5.67. The van der Waals surface area contributed by atoms with E-state index in [1.807, 2.05) is 0 Å². The largest absolute Gasteiger partial charge is 0.497 e. The summed E-state index contributed by atoms with van der Waals surface area (Å²) < 4.78 is 61.9. The molecule has 8 nitrogen and oxygen atoms in total. The molecule has 0 amide bonds. The molecule has 1 aliphatic heterocycles. The second-order valence-corrected chi connectivity index (χ2v) is 10.2. The van der Waals surface area contributed by atoms with Gasteiger partial charge in [-0.05, 0) is 25.5 Å². The minimum Gasteiger partial charge on any atom is -0.497 e. The van der Waals surface area contributed by atoms with Crippen molar-refractivity contribution in [2.75, 3.05) is 38.8 Å². The van der Waals surface area contributed by atoms with Crippen molar-refractivity contribution >= 4 is 19.9 Å². The highest BCUT2D eigenvalue weighted by Crippen LogP contribution is 2.37. The van der Waals surface area contributed by atoms with Gasteiger partial charge in [-0.1, -0.05) is 0 Å². The third-order valence-electron chi connectivity index (χ3n) is 4.36. The average molecular weight is 392 g/mol. The standard InChI is InChI=1S/C15H24N2O6S2/c1-15(6-9-24(18,19)11-15)17(8-7-16)25(20,21)14-5-4-12(22-2)10-13(14)23-3/h4-5,10H,6-9,11,16H2,1-3H3/t15-/m1/s1. The second-order valence-electron chi connectivity index (χ2n) is 6.22. The monoisotopic (exact) mass is 392 g/mol. The Hall–Kier alpha value is -1.36. The maximum Gasteiger partial charge on any atom is 0.247 e. The van der Waals surface area contributed by atoms with Gasteiger partial charge in [-0.15, -0.1) is 0 Å². The predicted molar refractivity (Wildman–Crippen MR) is 94.2 cm³/mol. The molecule has 0 aliphatic carbocycles. The molecule has 1 atom stereocenters. The van der Waals surface area contributed by atoms with Crippen LogP contribution in [0.1, 0.15) is 13.3 Å². The molecule has 0 spiro atoms. The molecule has 0 radical (unpaired) electrons. The van der Waals surface area contributed by atoms with Crippen LogP contribution < -0.4 is 15.2 Å². The van der Waals surface area contributed by atoms with Gasteiger partial charge >= 0.3 is 0 Å². The number of nitrogens with two attached hydrogens (primary N) is 1. The number of hydrogen-bond acceptors (Lipinski definition) is 7. The molecule has 1 heterocycles. The van der Waals surface area contributed by atoms with Crippen LogP contribution in [0.25, 0.3) is 0 Å². The van der Waals surface area contributed by atoms with Crippen LogP contribution in [-0.4, -0.2) is 65.5 Å². The summed E-state index contributed by atoms with van der Waals surface area (Å²) >= 11 is 0. The molecule has 2 N–H and O–H groups in total. The van der Waals surface area contributed by atoms with Crippen LogP contribution in [0, 0.1) is 0 Å². The van der Waals surface area contributed by atoms with Gasteiger partial charge in [-0.25, -0.2) is 16.8 Å². The van der Waals surface area contributed by atoms with Crippen LogP contribution >= 0.6 is 0 Å². The highest BCUT2D eigenvalue weighted by Gasteiger charge is 2.48. The van der Waals surface area contributed by atoms with E-state index >= 15 is 0 Å². The number of benzene rings is 1. The summed E-state index contributed by atoms with van der Waals surface area (Å²) in [5, 5.41) is 0. The first kappa shape index (κ1) is 20.0. The first-order valence-corrected chi connectivity index (χ1v) is 11.0. The van der Waals surface area contributed by atoms with Crippen LogP contribution in [0.4, 0.5) is 0 Å². The molecule has 1 aromatic carbocycles. The minimum atomic E-state index is -4.01. The molecule has 1 fully saturated rings. The van der Waals surface area contributed by atoms with Crippen LogP contribution in [0.2, 0.25) is 0 Å². The molecular weight excluding hydrogens is 368 g/mol. The summed E-state index contributed by atoms with van der Waals surface area (Å²) in [5.41, 5.74) is 4.57. The molecule has 0 bridgehead atoms.